The molecule has 0 aromatic carbocycles. The van der Waals surface area contributed by atoms with Crippen molar-refractivity contribution in [3.63, 3.8) is 0 Å². The molecule has 1 heterocycles. The van der Waals surface area contributed by atoms with Crippen molar-refractivity contribution >= 4 is 28.9 Å². The third-order valence-corrected chi connectivity index (χ3v) is 3.88. The molecule has 0 atom stereocenters. The van der Waals surface area contributed by atoms with Crippen molar-refractivity contribution in [2.45, 2.75) is 26.2 Å². The van der Waals surface area contributed by atoms with Gasteiger partial charge in [0.25, 0.3) is 0 Å². The van der Waals surface area contributed by atoms with E-state index in [1.54, 1.807) is 11.8 Å². The van der Waals surface area contributed by atoms with Gasteiger partial charge < -0.3 is 0 Å². The quantitative estimate of drug-likeness (QED) is 0.521. The van der Waals surface area contributed by atoms with Gasteiger partial charge in [-0.2, -0.15) is 11.8 Å². The molecule has 14 heavy (non-hydrogen) atoms. The Labute approximate surface area is 93.9 Å². The number of hydrogen-bond acceptors (Lipinski definition) is 3. The van der Waals surface area contributed by atoms with Gasteiger partial charge in [0.15, 0.2) is 5.78 Å². The average molecular weight is 228 g/mol. The lowest BCUT2D eigenvalue weighted by Crippen LogP contribution is -2.00. The first-order valence-electron chi connectivity index (χ1n) is 4.99. The molecule has 0 saturated heterocycles. The number of hydrogen-bond donors (Lipinski definition) is 0. The Morgan fingerprint density at radius 1 is 1.50 bits per heavy atom. The molecule has 78 valence electrons. The predicted molar refractivity (Wildman–Crippen MR) is 65.5 cm³/mol. The smallest absolute Gasteiger partial charge is 0.182 e. The summed E-state index contributed by atoms with van der Waals surface area (Å²) in [5.74, 6) is 2.04. The zero-order chi connectivity index (χ0) is 10.2. The van der Waals surface area contributed by atoms with E-state index in [1.165, 1.54) is 30.6 Å². The van der Waals surface area contributed by atoms with E-state index in [1.807, 2.05) is 17.5 Å². The lowest BCUT2D eigenvalue weighted by atomic mass is 10.3. The zero-order valence-electron chi connectivity index (χ0n) is 8.49. The Morgan fingerprint density at radius 2 is 2.36 bits per heavy atom. The molecule has 0 spiro atoms. The van der Waals surface area contributed by atoms with Crippen LogP contribution in [0.5, 0.6) is 0 Å². The zero-order valence-corrected chi connectivity index (χ0v) is 10.1. The highest BCUT2D eigenvalue weighted by atomic mass is 32.2. The molecule has 0 aliphatic rings. The van der Waals surface area contributed by atoms with Gasteiger partial charge in [0.2, 0.25) is 0 Å². The van der Waals surface area contributed by atoms with E-state index in [9.17, 15) is 4.79 Å². The minimum atomic E-state index is 0.279. The second-order valence-electron chi connectivity index (χ2n) is 3.16. The van der Waals surface area contributed by atoms with E-state index in [0.29, 0.717) is 5.75 Å². The normalized spacial score (nSPS) is 10.4. The van der Waals surface area contributed by atoms with Crippen molar-refractivity contribution in [2.24, 2.45) is 0 Å². The van der Waals surface area contributed by atoms with Crippen molar-refractivity contribution in [1.29, 1.82) is 0 Å². The van der Waals surface area contributed by atoms with Crippen LogP contribution in [0.4, 0.5) is 0 Å². The predicted octanol–water partition coefficient (Wildman–Crippen LogP) is 3.85. The highest BCUT2D eigenvalue weighted by molar-refractivity contribution is 7.99. The first-order valence-corrected chi connectivity index (χ1v) is 7.02. The van der Waals surface area contributed by atoms with Gasteiger partial charge >= 0.3 is 0 Å². The Morgan fingerprint density at radius 3 is 3.00 bits per heavy atom. The van der Waals surface area contributed by atoms with Crippen LogP contribution in [0.15, 0.2) is 17.5 Å². The summed E-state index contributed by atoms with van der Waals surface area (Å²) in [5.41, 5.74) is 0. The Kier molecular flexibility index (Phi) is 5.96. The third-order valence-electron chi connectivity index (χ3n) is 1.92. The van der Waals surface area contributed by atoms with Crippen LogP contribution in [0.25, 0.3) is 0 Å². The van der Waals surface area contributed by atoms with Gasteiger partial charge in [-0.3, -0.25) is 4.79 Å². The maximum absolute atomic E-state index is 11.5. The summed E-state index contributed by atoms with van der Waals surface area (Å²) in [6.45, 7) is 2.20. The molecule has 1 rings (SSSR count). The van der Waals surface area contributed by atoms with E-state index in [2.05, 4.69) is 6.92 Å². The van der Waals surface area contributed by atoms with Gasteiger partial charge in [0, 0.05) is 0 Å². The molecule has 0 radical (unpaired) electrons. The van der Waals surface area contributed by atoms with Crippen molar-refractivity contribution in [2.75, 3.05) is 11.5 Å². The first-order chi connectivity index (χ1) is 6.84. The van der Waals surface area contributed by atoms with Gasteiger partial charge in [-0.05, 0) is 23.6 Å². The largest absolute Gasteiger partial charge is 0.292 e. The SMILES string of the molecule is CCCCCSCC(=O)c1cccs1. The molecule has 0 aliphatic heterocycles. The molecule has 0 fully saturated rings. The van der Waals surface area contributed by atoms with E-state index in [-0.39, 0.29) is 5.78 Å². The van der Waals surface area contributed by atoms with Crippen LogP contribution in [-0.2, 0) is 0 Å². The molecular weight excluding hydrogens is 212 g/mol. The second-order valence-corrected chi connectivity index (χ2v) is 5.21. The van der Waals surface area contributed by atoms with Crippen LogP contribution in [0, 0.1) is 0 Å². The molecule has 0 N–H and O–H groups in total. The van der Waals surface area contributed by atoms with Crippen LogP contribution < -0.4 is 0 Å². The molecular formula is C11H16OS2. The molecule has 3 heteroatoms. The maximum Gasteiger partial charge on any atom is 0.182 e. The minimum Gasteiger partial charge on any atom is -0.292 e. The molecule has 0 aliphatic carbocycles. The number of ketones is 1. The Hall–Kier alpha value is -0.280. The summed E-state index contributed by atoms with van der Waals surface area (Å²) in [4.78, 5) is 12.4. The minimum absolute atomic E-state index is 0.279. The molecule has 1 aromatic rings. The third kappa shape index (κ3) is 4.29. The number of carbonyl (C=O) groups excluding carboxylic acids is 1. The summed E-state index contributed by atoms with van der Waals surface area (Å²) >= 11 is 3.29. The standard InChI is InChI=1S/C11H16OS2/c1-2-3-4-7-13-9-10(12)11-6-5-8-14-11/h5-6,8H,2-4,7,9H2,1H3. The van der Waals surface area contributed by atoms with Crippen LogP contribution in [0.3, 0.4) is 0 Å². The fourth-order valence-electron chi connectivity index (χ4n) is 1.13. The summed E-state index contributed by atoms with van der Waals surface area (Å²) < 4.78 is 0. The fourth-order valence-corrected chi connectivity index (χ4v) is 2.78. The summed E-state index contributed by atoms with van der Waals surface area (Å²) in [7, 11) is 0. The molecule has 0 bridgehead atoms. The van der Waals surface area contributed by atoms with E-state index < -0.39 is 0 Å². The van der Waals surface area contributed by atoms with Gasteiger partial charge in [-0.1, -0.05) is 25.8 Å². The van der Waals surface area contributed by atoms with Crippen LogP contribution >= 0.6 is 23.1 Å². The van der Waals surface area contributed by atoms with Crippen molar-refractivity contribution in [1.82, 2.24) is 0 Å². The van der Waals surface area contributed by atoms with Crippen LogP contribution in [0.1, 0.15) is 35.9 Å². The molecule has 0 amide bonds. The lowest BCUT2D eigenvalue weighted by Gasteiger charge is -1.98. The van der Waals surface area contributed by atoms with E-state index in [4.69, 9.17) is 0 Å². The summed E-state index contributed by atoms with van der Waals surface area (Å²) in [5, 5.41) is 1.95. The maximum atomic E-state index is 11.5. The Balaban J connectivity index is 2.10. The highest BCUT2D eigenvalue weighted by Crippen LogP contribution is 2.14. The monoisotopic (exact) mass is 228 g/mol. The van der Waals surface area contributed by atoms with Crippen molar-refractivity contribution in [3.05, 3.63) is 22.4 Å². The van der Waals surface area contributed by atoms with E-state index in [0.717, 1.165) is 10.6 Å². The lowest BCUT2D eigenvalue weighted by molar-refractivity contribution is 0.102. The van der Waals surface area contributed by atoms with Crippen LogP contribution in [0.2, 0.25) is 0 Å². The molecule has 0 unspecified atom stereocenters. The number of thioether (sulfide) groups is 1. The number of Topliss-reactive ketones (excluding diaryl/α,β-unsaturated/α-hetero) is 1. The van der Waals surface area contributed by atoms with Crippen LogP contribution in [-0.4, -0.2) is 17.3 Å². The number of unbranched alkanes of at least 4 members (excludes halogenated alkanes) is 2. The molecule has 1 nitrogen and oxygen atoms in total. The second kappa shape index (κ2) is 7.07. The van der Waals surface area contributed by atoms with Gasteiger partial charge in [-0.25, -0.2) is 0 Å². The summed E-state index contributed by atoms with van der Waals surface area (Å²) in [6, 6.07) is 3.83. The molecule has 0 saturated carbocycles. The van der Waals surface area contributed by atoms with Gasteiger partial charge in [-0.15, -0.1) is 11.3 Å². The summed E-state index contributed by atoms with van der Waals surface area (Å²) in [6.07, 6.45) is 3.76. The van der Waals surface area contributed by atoms with Gasteiger partial charge in [0.1, 0.15) is 0 Å². The van der Waals surface area contributed by atoms with Crippen molar-refractivity contribution in [3.8, 4) is 0 Å². The van der Waals surface area contributed by atoms with Crippen molar-refractivity contribution < 1.29 is 4.79 Å². The first kappa shape index (κ1) is 11.8. The number of rotatable bonds is 7. The van der Waals surface area contributed by atoms with Gasteiger partial charge in [0.05, 0.1) is 10.6 Å². The van der Waals surface area contributed by atoms with E-state index >= 15 is 0 Å². The molecule has 1 aromatic heterocycles. The number of thiophene rings is 1. The number of carbonyl (C=O) groups is 1. The topological polar surface area (TPSA) is 17.1 Å². The Bertz CT molecular complexity index is 254. The average Bonchev–Trinajstić information content (AvgIpc) is 2.70. The fraction of sp³-hybridized carbons (Fsp3) is 0.545. The highest BCUT2D eigenvalue weighted by Gasteiger charge is 2.05.